The molecule has 2 rings (SSSR count). The summed E-state index contributed by atoms with van der Waals surface area (Å²) in [6.45, 7) is 0. The summed E-state index contributed by atoms with van der Waals surface area (Å²) in [5.41, 5.74) is 6.09. The minimum absolute atomic E-state index is 0.0277. The summed E-state index contributed by atoms with van der Waals surface area (Å²) >= 11 is 8.27. The molecule has 0 unspecified atom stereocenters. The molecule has 2 amide bonds. The molecule has 26 heavy (non-hydrogen) atoms. The number of benzene rings is 2. The van der Waals surface area contributed by atoms with Gasteiger partial charge in [-0.05, 0) is 52.4 Å². The standard InChI is InChI=1S/C18H16BrN3O3S/c1-25-15-9-5-2-6-12(15)10-11-16(23)20-18(26)22-21-17(24)13-7-3-4-8-14(13)19/h2-11H,1H3,(H,21,24)(H2,20,22,23,26). The van der Waals surface area contributed by atoms with Gasteiger partial charge >= 0.3 is 0 Å². The normalized spacial score (nSPS) is 10.2. The molecular formula is C18H16BrN3O3S. The summed E-state index contributed by atoms with van der Waals surface area (Å²) in [7, 11) is 1.56. The molecule has 6 nitrogen and oxygen atoms in total. The van der Waals surface area contributed by atoms with Crippen LogP contribution in [0.4, 0.5) is 0 Å². The van der Waals surface area contributed by atoms with Crippen molar-refractivity contribution in [2.24, 2.45) is 0 Å². The second kappa shape index (κ2) is 9.69. The van der Waals surface area contributed by atoms with Crippen LogP contribution in [0.1, 0.15) is 15.9 Å². The number of hydrogen-bond donors (Lipinski definition) is 3. The van der Waals surface area contributed by atoms with Crippen LogP contribution in [-0.2, 0) is 4.79 Å². The zero-order chi connectivity index (χ0) is 18.9. The van der Waals surface area contributed by atoms with Crippen LogP contribution in [0.5, 0.6) is 5.75 Å². The minimum Gasteiger partial charge on any atom is -0.496 e. The monoisotopic (exact) mass is 433 g/mol. The predicted octanol–water partition coefficient (Wildman–Crippen LogP) is 2.81. The van der Waals surface area contributed by atoms with Crippen LogP contribution in [0.15, 0.2) is 59.1 Å². The number of carbonyl (C=O) groups is 2. The van der Waals surface area contributed by atoms with Crippen LogP contribution in [-0.4, -0.2) is 24.0 Å². The molecule has 2 aromatic rings. The van der Waals surface area contributed by atoms with Crippen molar-refractivity contribution in [1.82, 2.24) is 16.2 Å². The molecule has 0 aliphatic rings. The van der Waals surface area contributed by atoms with Gasteiger partial charge in [0, 0.05) is 16.1 Å². The van der Waals surface area contributed by atoms with E-state index in [1.54, 1.807) is 43.5 Å². The van der Waals surface area contributed by atoms with E-state index in [1.165, 1.54) is 6.08 Å². The van der Waals surface area contributed by atoms with Crippen molar-refractivity contribution in [2.75, 3.05) is 7.11 Å². The van der Waals surface area contributed by atoms with Crippen molar-refractivity contribution < 1.29 is 14.3 Å². The van der Waals surface area contributed by atoms with Crippen molar-refractivity contribution in [1.29, 1.82) is 0 Å². The summed E-state index contributed by atoms with van der Waals surface area (Å²) in [4.78, 5) is 23.9. The van der Waals surface area contributed by atoms with E-state index >= 15 is 0 Å². The Kier molecular flexibility index (Phi) is 7.31. The first kappa shape index (κ1) is 19.6. The molecule has 0 saturated carbocycles. The molecule has 0 aliphatic carbocycles. The fraction of sp³-hybridized carbons (Fsp3) is 0.0556. The highest BCUT2D eigenvalue weighted by Gasteiger charge is 2.09. The van der Waals surface area contributed by atoms with Gasteiger partial charge in [-0.3, -0.25) is 25.8 Å². The number of thiocarbonyl (C=S) groups is 1. The number of hydrazine groups is 1. The fourth-order valence-corrected chi connectivity index (χ4v) is 2.60. The van der Waals surface area contributed by atoms with Gasteiger partial charge in [0.15, 0.2) is 5.11 Å². The van der Waals surface area contributed by atoms with Gasteiger partial charge in [0.05, 0.1) is 12.7 Å². The fourth-order valence-electron chi connectivity index (χ4n) is 1.98. The maximum Gasteiger partial charge on any atom is 0.270 e. The lowest BCUT2D eigenvalue weighted by Crippen LogP contribution is -2.48. The number of nitrogens with one attached hydrogen (secondary N) is 3. The lowest BCUT2D eigenvalue weighted by molar-refractivity contribution is -0.115. The Morgan fingerprint density at radius 3 is 2.50 bits per heavy atom. The molecule has 3 N–H and O–H groups in total. The second-order valence-electron chi connectivity index (χ2n) is 4.95. The van der Waals surface area contributed by atoms with Gasteiger partial charge < -0.3 is 4.74 Å². The molecule has 2 aromatic carbocycles. The van der Waals surface area contributed by atoms with Gasteiger partial charge in [0.25, 0.3) is 5.91 Å². The highest BCUT2D eigenvalue weighted by molar-refractivity contribution is 9.10. The quantitative estimate of drug-likeness (QED) is 0.392. The molecule has 0 bridgehead atoms. The Morgan fingerprint density at radius 2 is 1.77 bits per heavy atom. The van der Waals surface area contributed by atoms with E-state index in [0.717, 1.165) is 5.56 Å². The third-order valence-corrected chi connectivity index (χ3v) is 4.09. The molecular weight excluding hydrogens is 418 g/mol. The average molecular weight is 434 g/mol. The Balaban J connectivity index is 1.85. The topological polar surface area (TPSA) is 79.5 Å². The van der Waals surface area contributed by atoms with Crippen molar-refractivity contribution in [2.45, 2.75) is 0 Å². The van der Waals surface area contributed by atoms with Crippen LogP contribution >= 0.6 is 28.1 Å². The van der Waals surface area contributed by atoms with Crippen LogP contribution in [0, 0.1) is 0 Å². The van der Waals surface area contributed by atoms with Gasteiger partial charge in [-0.25, -0.2) is 0 Å². The second-order valence-corrected chi connectivity index (χ2v) is 6.22. The summed E-state index contributed by atoms with van der Waals surface area (Å²) in [6, 6.07) is 14.2. The van der Waals surface area contributed by atoms with Gasteiger partial charge in [0.2, 0.25) is 5.91 Å². The summed E-state index contributed by atoms with van der Waals surface area (Å²) < 4.78 is 5.85. The van der Waals surface area contributed by atoms with Crippen LogP contribution in [0.25, 0.3) is 6.08 Å². The van der Waals surface area contributed by atoms with Crippen molar-refractivity contribution >= 4 is 51.2 Å². The lowest BCUT2D eigenvalue weighted by Gasteiger charge is -2.10. The van der Waals surface area contributed by atoms with E-state index in [9.17, 15) is 9.59 Å². The van der Waals surface area contributed by atoms with Crippen molar-refractivity contribution in [3.8, 4) is 5.75 Å². The first-order valence-corrected chi connectivity index (χ1v) is 8.68. The van der Waals surface area contributed by atoms with Gasteiger partial charge in [0.1, 0.15) is 5.75 Å². The highest BCUT2D eigenvalue weighted by Crippen LogP contribution is 2.18. The van der Waals surface area contributed by atoms with Crippen molar-refractivity contribution in [3.63, 3.8) is 0 Å². The Hall–Kier alpha value is -2.71. The Bertz CT molecular complexity index is 855. The summed E-state index contributed by atoms with van der Waals surface area (Å²) in [5, 5.41) is 2.41. The first-order valence-electron chi connectivity index (χ1n) is 7.48. The van der Waals surface area contributed by atoms with E-state index < -0.39 is 11.8 Å². The van der Waals surface area contributed by atoms with E-state index in [-0.39, 0.29) is 5.11 Å². The molecule has 0 saturated heterocycles. The zero-order valence-corrected chi connectivity index (χ0v) is 16.2. The van der Waals surface area contributed by atoms with Crippen LogP contribution < -0.4 is 20.9 Å². The summed E-state index contributed by atoms with van der Waals surface area (Å²) in [5.74, 6) is -0.180. The number of para-hydroxylation sites is 1. The molecule has 0 atom stereocenters. The number of ether oxygens (including phenoxy) is 1. The van der Waals surface area contributed by atoms with Gasteiger partial charge in [-0.2, -0.15) is 0 Å². The van der Waals surface area contributed by atoms with Gasteiger partial charge in [-0.1, -0.05) is 30.3 Å². The maximum absolute atomic E-state index is 12.0. The Morgan fingerprint density at radius 1 is 1.08 bits per heavy atom. The largest absolute Gasteiger partial charge is 0.496 e. The molecule has 0 radical (unpaired) electrons. The number of amides is 2. The van der Waals surface area contributed by atoms with Crippen LogP contribution in [0.2, 0.25) is 0 Å². The van der Waals surface area contributed by atoms with E-state index in [2.05, 4.69) is 32.1 Å². The Labute approximate surface area is 164 Å². The molecule has 0 spiro atoms. The molecule has 0 aliphatic heterocycles. The maximum atomic E-state index is 12.0. The van der Waals surface area contributed by atoms with E-state index in [4.69, 9.17) is 17.0 Å². The highest BCUT2D eigenvalue weighted by atomic mass is 79.9. The van der Waals surface area contributed by atoms with Crippen molar-refractivity contribution in [3.05, 3.63) is 70.2 Å². The SMILES string of the molecule is COc1ccccc1C=CC(=O)NC(=S)NNC(=O)c1ccccc1Br. The molecule has 8 heteroatoms. The number of methoxy groups -OCH3 is 1. The number of rotatable bonds is 4. The zero-order valence-electron chi connectivity index (χ0n) is 13.8. The lowest BCUT2D eigenvalue weighted by atomic mass is 10.2. The third kappa shape index (κ3) is 5.68. The van der Waals surface area contributed by atoms with Gasteiger partial charge in [-0.15, -0.1) is 0 Å². The minimum atomic E-state index is -0.441. The molecule has 0 aromatic heterocycles. The predicted molar refractivity (Wildman–Crippen MR) is 108 cm³/mol. The molecule has 0 fully saturated rings. The third-order valence-electron chi connectivity index (χ3n) is 3.20. The molecule has 0 heterocycles. The number of carbonyl (C=O) groups excluding carboxylic acids is 2. The van der Waals surface area contributed by atoms with E-state index in [0.29, 0.717) is 15.8 Å². The first-order chi connectivity index (χ1) is 12.5. The number of halogens is 1. The average Bonchev–Trinajstić information content (AvgIpc) is 2.65. The molecule has 134 valence electrons. The number of hydrogen-bond acceptors (Lipinski definition) is 4. The van der Waals surface area contributed by atoms with Crippen LogP contribution in [0.3, 0.4) is 0 Å². The summed E-state index contributed by atoms with van der Waals surface area (Å²) in [6.07, 6.45) is 2.93. The smallest absolute Gasteiger partial charge is 0.270 e. The van der Waals surface area contributed by atoms with E-state index in [1.807, 2.05) is 18.2 Å².